The van der Waals surface area contributed by atoms with Crippen LogP contribution in [0.25, 0.3) is 10.9 Å². The van der Waals surface area contributed by atoms with Crippen molar-refractivity contribution in [1.29, 1.82) is 0 Å². The van der Waals surface area contributed by atoms with Crippen molar-refractivity contribution in [3.8, 4) is 0 Å². The Morgan fingerprint density at radius 3 is 2.95 bits per heavy atom. The average molecular weight is 292 g/mol. The van der Waals surface area contributed by atoms with Crippen molar-refractivity contribution in [2.24, 2.45) is 0 Å². The minimum absolute atomic E-state index is 0. The number of halogens is 1. The quantitative estimate of drug-likeness (QED) is 0.875. The summed E-state index contributed by atoms with van der Waals surface area (Å²) in [6, 6.07) is 9.95. The molecule has 1 fully saturated rings. The Hall–Kier alpha value is -1.65. The van der Waals surface area contributed by atoms with Gasteiger partial charge in [-0.1, -0.05) is 18.2 Å². The third-order valence-corrected chi connectivity index (χ3v) is 3.54. The molecule has 0 saturated carbocycles. The number of hydrogen-bond acceptors (Lipinski definition) is 3. The van der Waals surface area contributed by atoms with Gasteiger partial charge < -0.3 is 10.2 Å². The number of fused-ring (bicyclic) bond motifs is 1. The highest BCUT2D eigenvalue weighted by molar-refractivity contribution is 6.06. The molecule has 5 heteroatoms. The summed E-state index contributed by atoms with van der Waals surface area (Å²) >= 11 is 0. The number of piperazine rings is 1. The first-order valence-corrected chi connectivity index (χ1v) is 6.62. The number of pyridine rings is 1. The third kappa shape index (κ3) is 2.76. The van der Waals surface area contributed by atoms with Gasteiger partial charge in [0.25, 0.3) is 5.91 Å². The van der Waals surface area contributed by atoms with Crippen molar-refractivity contribution in [2.75, 3.05) is 19.6 Å². The highest BCUT2D eigenvalue weighted by atomic mass is 35.5. The van der Waals surface area contributed by atoms with Crippen LogP contribution in [0, 0.1) is 0 Å². The first kappa shape index (κ1) is 14.8. The van der Waals surface area contributed by atoms with Gasteiger partial charge in [-0.25, -0.2) is 0 Å². The van der Waals surface area contributed by atoms with E-state index < -0.39 is 0 Å². The second-order valence-electron chi connectivity index (χ2n) is 4.98. The number of aromatic nitrogens is 1. The molecule has 1 aromatic heterocycles. The van der Waals surface area contributed by atoms with Crippen LogP contribution in [0.3, 0.4) is 0 Å². The van der Waals surface area contributed by atoms with Gasteiger partial charge in [-0.3, -0.25) is 9.78 Å². The van der Waals surface area contributed by atoms with Crippen LogP contribution >= 0.6 is 12.4 Å². The summed E-state index contributed by atoms with van der Waals surface area (Å²) in [5.41, 5.74) is 1.62. The van der Waals surface area contributed by atoms with Crippen LogP contribution in [0.1, 0.15) is 17.3 Å². The molecule has 1 N–H and O–H groups in total. The standard InChI is InChI=1S/C15H17N3O.ClH/c1-11-10-18(9-8-16-11)15(19)13-6-7-17-14-5-3-2-4-12(13)14;/h2-7,11,16H,8-10H2,1H3;1H/t11-;/m1./s1. The highest BCUT2D eigenvalue weighted by Gasteiger charge is 2.22. The lowest BCUT2D eigenvalue weighted by Gasteiger charge is -2.32. The van der Waals surface area contributed by atoms with Crippen LogP contribution in [0.15, 0.2) is 36.5 Å². The van der Waals surface area contributed by atoms with E-state index >= 15 is 0 Å². The zero-order chi connectivity index (χ0) is 13.2. The molecule has 20 heavy (non-hydrogen) atoms. The lowest BCUT2D eigenvalue weighted by atomic mass is 10.1. The lowest BCUT2D eigenvalue weighted by molar-refractivity contribution is 0.0711. The predicted molar refractivity (Wildman–Crippen MR) is 82.4 cm³/mol. The van der Waals surface area contributed by atoms with Gasteiger partial charge in [-0.2, -0.15) is 0 Å². The molecule has 2 aromatic rings. The predicted octanol–water partition coefficient (Wildman–Crippen LogP) is 2.09. The number of amides is 1. The maximum Gasteiger partial charge on any atom is 0.254 e. The maximum atomic E-state index is 12.6. The fourth-order valence-corrected chi connectivity index (χ4v) is 2.57. The second-order valence-corrected chi connectivity index (χ2v) is 4.98. The smallest absolute Gasteiger partial charge is 0.254 e. The molecule has 1 saturated heterocycles. The first-order chi connectivity index (χ1) is 9.25. The number of nitrogens with one attached hydrogen (secondary N) is 1. The molecular formula is C15H18ClN3O. The van der Waals surface area contributed by atoms with Crippen molar-refractivity contribution in [3.05, 3.63) is 42.1 Å². The Labute approximate surface area is 124 Å². The van der Waals surface area contributed by atoms with E-state index in [-0.39, 0.29) is 18.3 Å². The van der Waals surface area contributed by atoms with E-state index in [4.69, 9.17) is 0 Å². The molecule has 0 bridgehead atoms. The number of para-hydroxylation sites is 1. The molecule has 2 heterocycles. The van der Waals surface area contributed by atoms with Crippen LogP contribution in [-0.4, -0.2) is 41.5 Å². The summed E-state index contributed by atoms with van der Waals surface area (Å²) in [5.74, 6) is 0.104. The van der Waals surface area contributed by atoms with Gasteiger partial charge in [-0.05, 0) is 19.1 Å². The molecule has 1 aliphatic rings. The minimum atomic E-state index is 0. The number of rotatable bonds is 1. The van der Waals surface area contributed by atoms with Gasteiger partial charge in [0.2, 0.25) is 0 Å². The Bertz CT molecular complexity index is 612. The van der Waals surface area contributed by atoms with E-state index in [9.17, 15) is 4.79 Å². The second kappa shape index (κ2) is 6.20. The number of carbonyl (C=O) groups excluding carboxylic acids is 1. The van der Waals surface area contributed by atoms with Crippen LogP contribution in [0.2, 0.25) is 0 Å². The van der Waals surface area contributed by atoms with Crippen molar-refractivity contribution in [3.63, 3.8) is 0 Å². The monoisotopic (exact) mass is 291 g/mol. The Balaban J connectivity index is 0.00000147. The van der Waals surface area contributed by atoms with Crippen molar-refractivity contribution < 1.29 is 4.79 Å². The number of carbonyl (C=O) groups is 1. The molecule has 1 aromatic carbocycles. The van der Waals surface area contributed by atoms with Crippen LogP contribution in [0.5, 0.6) is 0 Å². The molecule has 1 amide bonds. The molecule has 106 valence electrons. The van der Waals surface area contributed by atoms with E-state index in [2.05, 4.69) is 17.2 Å². The zero-order valence-corrected chi connectivity index (χ0v) is 12.2. The van der Waals surface area contributed by atoms with Gasteiger partial charge in [-0.15, -0.1) is 12.4 Å². The first-order valence-electron chi connectivity index (χ1n) is 6.62. The molecule has 0 aliphatic carbocycles. The van der Waals surface area contributed by atoms with Gasteiger partial charge >= 0.3 is 0 Å². The molecule has 3 rings (SSSR count). The zero-order valence-electron chi connectivity index (χ0n) is 11.4. The molecule has 0 spiro atoms. The summed E-state index contributed by atoms with van der Waals surface area (Å²) in [4.78, 5) is 18.9. The van der Waals surface area contributed by atoms with Crippen LogP contribution < -0.4 is 5.32 Å². The van der Waals surface area contributed by atoms with Crippen molar-refractivity contribution in [1.82, 2.24) is 15.2 Å². The number of hydrogen-bond donors (Lipinski definition) is 1. The van der Waals surface area contributed by atoms with Gasteiger partial charge in [0.1, 0.15) is 0 Å². The van der Waals surface area contributed by atoms with Crippen LogP contribution in [0.4, 0.5) is 0 Å². The summed E-state index contributed by atoms with van der Waals surface area (Å²) in [6.07, 6.45) is 1.71. The van der Waals surface area contributed by atoms with Crippen molar-refractivity contribution in [2.45, 2.75) is 13.0 Å². The van der Waals surface area contributed by atoms with Crippen molar-refractivity contribution >= 4 is 29.2 Å². The molecule has 1 aliphatic heterocycles. The highest BCUT2D eigenvalue weighted by Crippen LogP contribution is 2.18. The molecule has 1 atom stereocenters. The van der Waals surface area contributed by atoms with E-state index in [1.807, 2.05) is 35.2 Å². The Morgan fingerprint density at radius 1 is 1.35 bits per heavy atom. The fourth-order valence-electron chi connectivity index (χ4n) is 2.57. The Morgan fingerprint density at radius 2 is 2.15 bits per heavy atom. The topological polar surface area (TPSA) is 45.2 Å². The van der Waals surface area contributed by atoms with Gasteiger partial charge in [0.05, 0.1) is 11.1 Å². The number of nitrogens with zero attached hydrogens (tertiary/aromatic N) is 2. The fraction of sp³-hybridized carbons (Fsp3) is 0.333. The summed E-state index contributed by atoms with van der Waals surface area (Å²) in [5, 5.41) is 4.28. The van der Waals surface area contributed by atoms with Gasteiger partial charge in [0.15, 0.2) is 0 Å². The third-order valence-electron chi connectivity index (χ3n) is 3.54. The van der Waals surface area contributed by atoms with Gasteiger partial charge in [0, 0.05) is 37.3 Å². The lowest BCUT2D eigenvalue weighted by Crippen LogP contribution is -2.51. The normalized spacial score (nSPS) is 18.6. The van der Waals surface area contributed by atoms with E-state index in [1.54, 1.807) is 6.20 Å². The molecule has 0 unspecified atom stereocenters. The summed E-state index contributed by atoms with van der Waals surface area (Å²) in [6.45, 7) is 4.48. The maximum absolute atomic E-state index is 12.6. The largest absolute Gasteiger partial charge is 0.336 e. The number of benzene rings is 1. The summed E-state index contributed by atoms with van der Waals surface area (Å²) < 4.78 is 0. The molecule has 0 radical (unpaired) electrons. The van der Waals surface area contributed by atoms with E-state index in [0.717, 1.165) is 36.1 Å². The minimum Gasteiger partial charge on any atom is -0.336 e. The average Bonchev–Trinajstić information content (AvgIpc) is 2.46. The SMILES string of the molecule is C[C@@H]1CN(C(=O)c2ccnc3ccccc23)CCN1.Cl. The molecule has 4 nitrogen and oxygen atoms in total. The van der Waals surface area contributed by atoms with E-state index in [1.165, 1.54) is 0 Å². The summed E-state index contributed by atoms with van der Waals surface area (Å²) in [7, 11) is 0. The Kier molecular flexibility index (Phi) is 4.57. The van der Waals surface area contributed by atoms with E-state index in [0.29, 0.717) is 6.04 Å². The van der Waals surface area contributed by atoms with Crippen LogP contribution in [-0.2, 0) is 0 Å². The molecular weight excluding hydrogens is 274 g/mol.